The Morgan fingerprint density at radius 2 is 2.29 bits per heavy atom. The molecule has 0 fully saturated rings. The van der Waals surface area contributed by atoms with Crippen LogP contribution in [0.2, 0.25) is 0 Å². The average Bonchev–Trinajstić information content (AvgIpc) is 2.77. The summed E-state index contributed by atoms with van der Waals surface area (Å²) >= 11 is 0. The fourth-order valence-corrected chi connectivity index (χ4v) is 1.83. The summed E-state index contributed by atoms with van der Waals surface area (Å²) in [6, 6.07) is 6.26. The van der Waals surface area contributed by atoms with Crippen LogP contribution >= 0.6 is 0 Å². The number of benzene rings is 1. The van der Waals surface area contributed by atoms with Crippen molar-refractivity contribution in [1.82, 2.24) is 9.55 Å². The summed E-state index contributed by atoms with van der Waals surface area (Å²) in [5, 5.41) is 3.46. The molecule has 4 heteroatoms. The van der Waals surface area contributed by atoms with Crippen molar-refractivity contribution in [3.8, 4) is 0 Å². The van der Waals surface area contributed by atoms with Gasteiger partial charge in [0.15, 0.2) is 0 Å². The normalized spacial score (nSPS) is 12.4. The molecule has 1 aromatic heterocycles. The van der Waals surface area contributed by atoms with Crippen LogP contribution in [0.4, 0.5) is 11.4 Å². The number of aromatic nitrogens is 2. The van der Waals surface area contributed by atoms with E-state index in [0.29, 0.717) is 6.04 Å². The van der Waals surface area contributed by atoms with Gasteiger partial charge in [0.25, 0.3) is 0 Å². The summed E-state index contributed by atoms with van der Waals surface area (Å²) in [6.07, 6.45) is 5.58. The second-order valence-corrected chi connectivity index (χ2v) is 4.32. The summed E-state index contributed by atoms with van der Waals surface area (Å²) in [4.78, 5) is 4.03. The molecule has 4 nitrogen and oxygen atoms in total. The zero-order valence-corrected chi connectivity index (χ0v) is 10.2. The van der Waals surface area contributed by atoms with Crippen LogP contribution in [0, 0.1) is 6.92 Å². The fraction of sp³-hybridized carbons (Fsp3) is 0.308. The largest absolute Gasteiger partial charge is 0.398 e. The molecule has 2 rings (SSSR count). The van der Waals surface area contributed by atoms with Crippen LogP contribution in [0.15, 0.2) is 36.9 Å². The molecular weight excluding hydrogens is 212 g/mol. The van der Waals surface area contributed by atoms with Crippen molar-refractivity contribution < 1.29 is 0 Å². The van der Waals surface area contributed by atoms with Crippen LogP contribution in [0.25, 0.3) is 0 Å². The Morgan fingerprint density at radius 1 is 1.47 bits per heavy atom. The lowest BCUT2D eigenvalue weighted by atomic mass is 10.1. The SMILES string of the molecule is Cc1c(N)cccc1NC(C)Cn1ccnc1. The van der Waals surface area contributed by atoms with Crippen LogP contribution in [-0.4, -0.2) is 15.6 Å². The minimum absolute atomic E-state index is 0.324. The highest BCUT2D eigenvalue weighted by Crippen LogP contribution is 2.21. The van der Waals surface area contributed by atoms with Gasteiger partial charge in [0, 0.05) is 36.4 Å². The van der Waals surface area contributed by atoms with Crippen LogP contribution < -0.4 is 11.1 Å². The van der Waals surface area contributed by atoms with Crippen molar-refractivity contribution in [1.29, 1.82) is 0 Å². The molecule has 0 aliphatic rings. The van der Waals surface area contributed by atoms with Gasteiger partial charge >= 0.3 is 0 Å². The number of rotatable bonds is 4. The second kappa shape index (κ2) is 4.91. The Hall–Kier alpha value is -1.97. The zero-order chi connectivity index (χ0) is 12.3. The standard InChI is InChI=1S/C13H18N4/c1-10(8-17-7-6-15-9-17)16-13-5-3-4-12(14)11(13)2/h3-7,9-10,16H,8,14H2,1-2H3. The number of nitrogens with one attached hydrogen (secondary N) is 1. The summed E-state index contributed by atoms with van der Waals surface area (Å²) in [5.41, 5.74) is 8.90. The Labute approximate surface area is 101 Å². The first kappa shape index (κ1) is 11.5. The van der Waals surface area contributed by atoms with Crippen molar-refractivity contribution in [3.63, 3.8) is 0 Å². The predicted octanol–water partition coefficient (Wildman–Crippen LogP) is 2.27. The van der Waals surface area contributed by atoms with Gasteiger partial charge in [-0.25, -0.2) is 4.98 Å². The molecule has 2 aromatic rings. The molecule has 0 amide bonds. The van der Waals surface area contributed by atoms with Gasteiger partial charge in [-0.3, -0.25) is 0 Å². The van der Waals surface area contributed by atoms with Gasteiger partial charge in [0.1, 0.15) is 0 Å². The van der Waals surface area contributed by atoms with Gasteiger partial charge in [-0.15, -0.1) is 0 Å². The Kier molecular flexibility index (Phi) is 3.32. The van der Waals surface area contributed by atoms with Crippen LogP contribution in [0.3, 0.4) is 0 Å². The molecule has 1 heterocycles. The molecule has 1 aromatic carbocycles. The first-order valence-electron chi connectivity index (χ1n) is 5.74. The molecule has 0 saturated heterocycles. The Balaban J connectivity index is 2.03. The quantitative estimate of drug-likeness (QED) is 0.792. The lowest BCUT2D eigenvalue weighted by molar-refractivity contribution is 0.618. The molecule has 0 saturated carbocycles. The number of nitrogen functional groups attached to an aromatic ring is 1. The van der Waals surface area contributed by atoms with E-state index < -0.39 is 0 Å². The van der Waals surface area contributed by atoms with E-state index in [4.69, 9.17) is 5.73 Å². The zero-order valence-electron chi connectivity index (χ0n) is 10.2. The number of nitrogens with two attached hydrogens (primary N) is 1. The van der Waals surface area contributed by atoms with E-state index in [1.165, 1.54) is 0 Å². The second-order valence-electron chi connectivity index (χ2n) is 4.32. The topological polar surface area (TPSA) is 55.9 Å². The summed E-state index contributed by atoms with van der Waals surface area (Å²) < 4.78 is 2.05. The first-order chi connectivity index (χ1) is 8.16. The fourth-order valence-electron chi connectivity index (χ4n) is 1.83. The molecule has 17 heavy (non-hydrogen) atoms. The lowest BCUT2D eigenvalue weighted by Crippen LogP contribution is -2.21. The summed E-state index contributed by atoms with van der Waals surface area (Å²) in [7, 11) is 0. The van der Waals surface area contributed by atoms with Gasteiger partial charge in [-0.05, 0) is 31.5 Å². The first-order valence-corrected chi connectivity index (χ1v) is 5.74. The van der Waals surface area contributed by atoms with E-state index in [0.717, 1.165) is 23.5 Å². The van der Waals surface area contributed by atoms with Gasteiger partial charge < -0.3 is 15.6 Å². The predicted molar refractivity (Wildman–Crippen MR) is 70.9 cm³/mol. The van der Waals surface area contributed by atoms with Gasteiger partial charge in [-0.1, -0.05) is 6.07 Å². The molecular formula is C13H18N4. The molecule has 0 radical (unpaired) electrons. The van der Waals surface area contributed by atoms with E-state index in [9.17, 15) is 0 Å². The van der Waals surface area contributed by atoms with E-state index in [1.54, 1.807) is 6.20 Å². The Bertz CT molecular complexity index is 476. The van der Waals surface area contributed by atoms with Crippen LogP contribution in [0.5, 0.6) is 0 Å². The molecule has 1 atom stereocenters. The maximum atomic E-state index is 5.88. The van der Waals surface area contributed by atoms with Gasteiger partial charge in [0.05, 0.1) is 6.33 Å². The van der Waals surface area contributed by atoms with E-state index >= 15 is 0 Å². The van der Waals surface area contributed by atoms with Crippen LogP contribution in [-0.2, 0) is 6.54 Å². The third-order valence-electron chi connectivity index (χ3n) is 2.82. The summed E-state index contributed by atoms with van der Waals surface area (Å²) in [6.45, 7) is 5.05. The van der Waals surface area contributed by atoms with E-state index in [1.807, 2.05) is 31.6 Å². The maximum absolute atomic E-state index is 5.88. The number of nitrogens with zero attached hydrogens (tertiary/aromatic N) is 2. The molecule has 0 spiro atoms. The third kappa shape index (κ3) is 2.78. The average molecular weight is 230 g/mol. The van der Waals surface area contributed by atoms with E-state index in [2.05, 4.69) is 27.9 Å². The smallest absolute Gasteiger partial charge is 0.0946 e. The highest BCUT2D eigenvalue weighted by Gasteiger charge is 2.06. The monoisotopic (exact) mass is 230 g/mol. The summed E-state index contributed by atoms with van der Waals surface area (Å²) in [5.74, 6) is 0. The molecule has 0 aliphatic heterocycles. The molecule has 1 unspecified atom stereocenters. The molecule has 0 bridgehead atoms. The van der Waals surface area contributed by atoms with Crippen LogP contribution in [0.1, 0.15) is 12.5 Å². The van der Waals surface area contributed by atoms with Crippen molar-refractivity contribution in [2.75, 3.05) is 11.1 Å². The number of imidazole rings is 1. The van der Waals surface area contributed by atoms with Crippen molar-refractivity contribution in [3.05, 3.63) is 42.5 Å². The highest BCUT2D eigenvalue weighted by atomic mass is 15.1. The number of hydrogen-bond acceptors (Lipinski definition) is 3. The molecule has 3 N–H and O–H groups in total. The molecule has 0 aliphatic carbocycles. The third-order valence-corrected chi connectivity index (χ3v) is 2.82. The van der Waals surface area contributed by atoms with Crippen molar-refractivity contribution in [2.24, 2.45) is 0 Å². The Morgan fingerprint density at radius 3 is 3.00 bits per heavy atom. The number of anilines is 2. The van der Waals surface area contributed by atoms with E-state index in [-0.39, 0.29) is 0 Å². The van der Waals surface area contributed by atoms with Gasteiger partial charge in [0.2, 0.25) is 0 Å². The maximum Gasteiger partial charge on any atom is 0.0946 e. The van der Waals surface area contributed by atoms with Crippen molar-refractivity contribution in [2.45, 2.75) is 26.4 Å². The van der Waals surface area contributed by atoms with Gasteiger partial charge in [-0.2, -0.15) is 0 Å². The number of hydrogen-bond donors (Lipinski definition) is 2. The minimum Gasteiger partial charge on any atom is -0.398 e. The highest BCUT2D eigenvalue weighted by molar-refractivity contribution is 5.62. The molecule has 90 valence electrons. The van der Waals surface area contributed by atoms with Crippen molar-refractivity contribution >= 4 is 11.4 Å². The lowest BCUT2D eigenvalue weighted by Gasteiger charge is -2.18. The minimum atomic E-state index is 0.324.